The maximum absolute atomic E-state index is 14.3. The number of nitrogens with zero attached hydrogens (tertiary/aromatic N) is 3. The van der Waals surface area contributed by atoms with Crippen LogP contribution in [0, 0.1) is 62.0 Å². The summed E-state index contributed by atoms with van der Waals surface area (Å²) in [5, 5.41) is 31.5. The van der Waals surface area contributed by atoms with Crippen LogP contribution in [0.4, 0.5) is 4.39 Å². The normalized spacial score (nSPS) is 35.3. The summed E-state index contributed by atoms with van der Waals surface area (Å²) in [6.07, 6.45) is 5.83. The number of fused-ring (bicyclic) bond motifs is 7. The Hall–Kier alpha value is -3.44. The van der Waals surface area contributed by atoms with E-state index in [-0.39, 0.29) is 64.0 Å². The molecule has 4 N–H and O–H groups in total. The summed E-state index contributed by atoms with van der Waals surface area (Å²) in [7, 11) is 0. The van der Waals surface area contributed by atoms with E-state index in [1.807, 2.05) is 4.57 Å². The first-order valence-corrected chi connectivity index (χ1v) is 21.4. The van der Waals surface area contributed by atoms with Crippen LogP contribution in [0.2, 0.25) is 0 Å². The highest BCUT2D eigenvalue weighted by molar-refractivity contribution is 6.00. The average molecular weight is 789 g/mol. The minimum absolute atomic E-state index is 0.000688. The second-order valence-electron chi connectivity index (χ2n) is 20.8. The smallest absolute Gasteiger partial charge is 0.309 e. The lowest BCUT2D eigenvalue weighted by molar-refractivity contribution is -0.235. The van der Waals surface area contributed by atoms with Crippen molar-refractivity contribution in [2.24, 2.45) is 61.9 Å². The number of allylic oxidation sites excluding steroid dienone is 1. The monoisotopic (exact) mass is 788 g/mol. The van der Waals surface area contributed by atoms with Crippen molar-refractivity contribution in [2.45, 2.75) is 145 Å². The number of carboxylic acid groups (broad SMARTS) is 1. The van der Waals surface area contributed by atoms with Gasteiger partial charge in [-0.15, -0.1) is 10.2 Å². The third-order valence-corrected chi connectivity index (χ3v) is 16.9. The zero-order valence-electron chi connectivity index (χ0n) is 35.6. The van der Waals surface area contributed by atoms with Crippen LogP contribution >= 0.6 is 0 Å². The van der Waals surface area contributed by atoms with Gasteiger partial charge < -0.3 is 25.3 Å². The SMILES string of the molecule is CC(C)C1=C2[C@H]3CC[C@@H]4[C@@]5(C)CC[C@H](OC(=O)CC(C)(C)C(=O)O)C(C)(C)C5CC[C@@]4(C)[C@]3(C)CC[C@@]2([C@@H](O)c2nnc(-c3ccc(F)cc3)n2CCN)CC1=O. The molecule has 1 unspecified atom stereocenters. The molecule has 1 aromatic heterocycles. The van der Waals surface area contributed by atoms with Crippen LogP contribution in [-0.4, -0.2) is 55.3 Å². The number of Topliss-reactive ketones (excluding diaryl/α,β-unsaturated/α-hetero) is 1. The molecule has 0 aliphatic heterocycles. The summed E-state index contributed by atoms with van der Waals surface area (Å²) >= 11 is 0. The van der Waals surface area contributed by atoms with Gasteiger partial charge in [-0.25, -0.2) is 4.39 Å². The van der Waals surface area contributed by atoms with Gasteiger partial charge in [0.25, 0.3) is 0 Å². The fourth-order valence-electron chi connectivity index (χ4n) is 13.8. The number of aliphatic hydroxyl groups excluding tert-OH is 1. The number of ether oxygens (including phenoxy) is 1. The molecule has 4 saturated carbocycles. The summed E-state index contributed by atoms with van der Waals surface area (Å²) in [6, 6.07) is 6.09. The van der Waals surface area contributed by atoms with Crippen LogP contribution in [0.3, 0.4) is 0 Å². The van der Waals surface area contributed by atoms with E-state index in [1.54, 1.807) is 26.0 Å². The number of aliphatic carboxylic acids is 1. The number of carbonyl (C=O) groups excluding carboxylic acids is 2. The van der Waals surface area contributed by atoms with Gasteiger partial charge in [-0.2, -0.15) is 0 Å². The van der Waals surface area contributed by atoms with E-state index in [9.17, 15) is 29.0 Å². The standard InChI is InChI=1S/C46H65FN4O6/c1-26(2)35-30(52)24-46(37(54)39-50-49-38(51(39)23-22-48)27-10-12-28(47)13-11-27)21-20-44(8)29(36(35)46)14-15-32-43(7)18-17-33(57-34(53)25-41(3,4)40(55)56)42(5,6)31(43)16-19-45(32,44)9/h10-13,26,29,31-33,37,54H,14-25,48H2,1-9H3,(H,55,56)/t29-,31?,32-,33+,37+,43+,44-,45-,46-/m1/s1. The molecular formula is C46H65FN4O6. The summed E-state index contributed by atoms with van der Waals surface area (Å²) in [5.41, 5.74) is 6.34. The molecule has 9 atom stereocenters. The molecule has 312 valence electrons. The number of ketones is 1. The summed E-state index contributed by atoms with van der Waals surface area (Å²) in [5.74, 6) is 0.0632. The van der Waals surface area contributed by atoms with Crippen molar-refractivity contribution in [3.8, 4) is 11.4 Å². The first-order chi connectivity index (χ1) is 26.6. The van der Waals surface area contributed by atoms with E-state index in [0.29, 0.717) is 48.6 Å². The predicted molar refractivity (Wildman–Crippen MR) is 215 cm³/mol. The Bertz CT molecular complexity index is 1970. The van der Waals surface area contributed by atoms with Crippen molar-refractivity contribution < 1.29 is 33.7 Å². The van der Waals surface area contributed by atoms with Crippen LogP contribution in [0.25, 0.3) is 11.4 Å². The van der Waals surface area contributed by atoms with Crippen molar-refractivity contribution in [3.05, 3.63) is 47.1 Å². The first kappa shape index (κ1) is 41.7. The minimum Gasteiger partial charge on any atom is -0.481 e. The van der Waals surface area contributed by atoms with E-state index in [0.717, 1.165) is 56.1 Å². The van der Waals surface area contributed by atoms with Gasteiger partial charge in [0.2, 0.25) is 0 Å². The topological polar surface area (TPSA) is 158 Å². The van der Waals surface area contributed by atoms with Crippen molar-refractivity contribution in [1.82, 2.24) is 14.8 Å². The molecule has 57 heavy (non-hydrogen) atoms. The molecule has 5 aliphatic carbocycles. The van der Waals surface area contributed by atoms with Gasteiger partial charge >= 0.3 is 11.9 Å². The molecule has 5 aliphatic rings. The lowest BCUT2D eigenvalue weighted by atomic mass is 9.33. The maximum atomic E-state index is 14.3. The van der Waals surface area contributed by atoms with E-state index >= 15 is 0 Å². The van der Waals surface area contributed by atoms with Crippen LogP contribution in [0.5, 0.6) is 0 Å². The third kappa shape index (κ3) is 6.17. The van der Waals surface area contributed by atoms with Gasteiger partial charge in [-0.1, -0.05) is 48.5 Å². The van der Waals surface area contributed by atoms with E-state index < -0.39 is 28.9 Å². The number of aliphatic hydroxyl groups is 1. The minimum atomic E-state index is -1.19. The zero-order valence-corrected chi connectivity index (χ0v) is 35.6. The van der Waals surface area contributed by atoms with Crippen LogP contribution < -0.4 is 5.73 Å². The number of hydrogen-bond donors (Lipinski definition) is 3. The fourth-order valence-corrected chi connectivity index (χ4v) is 13.8. The quantitative estimate of drug-likeness (QED) is 0.201. The van der Waals surface area contributed by atoms with Gasteiger partial charge in [0.15, 0.2) is 17.4 Å². The highest BCUT2D eigenvalue weighted by Crippen LogP contribution is 2.77. The Labute approximate surface area is 337 Å². The van der Waals surface area contributed by atoms with Crippen molar-refractivity contribution in [1.29, 1.82) is 0 Å². The molecule has 0 bridgehead atoms. The number of nitrogens with two attached hydrogens (primary N) is 1. The molecule has 0 saturated heterocycles. The summed E-state index contributed by atoms with van der Waals surface area (Å²) in [6.45, 7) is 20.0. The predicted octanol–water partition coefficient (Wildman–Crippen LogP) is 8.47. The Morgan fingerprint density at radius 1 is 0.965 bits per heavy atom. The number of rotatable bonds is 10. The second-order valence-corrected chi connectivity index (χ2v) is 20.8. The number of carboxylic acids is 1. The fraction of sp³-hybridized carbons (Fsp3) is 0.717. The van der Waals surface area contributed by atoms with Gasteiger partial charge in [-0.05, 0) is 141 Å². The Balaban J connectivity index is 1.22. The Kier molecular flexibility index (Phi) is 10.3. The number of carbonyl (C=O) groups is 3. The largest absolute Gasteiger partial charge is 0.481 e. The Morgan fingerprint density at radius 3 is 2.28 bits per heavy atom. The lowest BCUT2D eigenvalue weighted by Crippen LogP contribution is -2.66. The van der Waals surface area contributed by atoms with Crippen molar-refractivity contribution in [2.75, 3.05) is 6.54 Å². The molecule has 10 nitrogen and oxygen atoms in total. The molecule has 11 heteroatoms. The Morgan fingerprint density at radius 2 is 1.65 bits per heavy atom. The average Bonchev–Trinajstić information content (AvgIpc) is 3.68. The molecule has 0 spiro atoms. The number of esters is 1. The van der Waals surface area contributed by atoms with E-state index in [2.05, 4.69) is 58.7 Å². The van der Waals surface area contributed by atoms with Crippen molar-refractivity contribution >= 4 is 17.7 Å². The van der Waals surface area contributed by atoms with Gasteiger partial charge in [0, 0.05) is 35.9 Å². The molecular weight excluding hydrogens is 724 g/mol. The molecule has 4 fully saturated rings. The zero-order chi connectivity index (χ0) is 41.7. The third-order valence-electron chi connectivity index (χ3n) is 16.9. The number of hydrogen-bond acceptors (Lipinski definition) is 8. The highest BCUT2D eigenvalue weighted by atomic mass is 19.1. The van der Waals surface area contributed by atoms with Crippen LogP contribution in [-0.2, 0) is 25.7 Å². The van der Waals surface area contributed by atoms with Crippen LogP contribution in [0.15, 0.2) is 35.4 Å². The molecule has 1 heterocycles. The summed E-state index contributed by atoms with van der Waals surface area (Å²) in [4.78, 5) is 39.3. The van der Waals surface area contributed by atoms with Crippen LogP contribution in [0.1, 0.15) is 138 Å². The van der Waals surface area contributed by atoms with Crippen molar-refractivity contribution in [3.63, 3.8) is 0 Å². The number of halogens is 1. The van der Waals surface area contributed by atoms with Gasteiger partial charge in [0.1, 0.15) is 18.0 Å². The number of benzene rings is 1. The van der Waals surface area contributed by atoms with E-state index in [4.69, 9.17) is 10.5 Å². The molecule has 0 radical (unpaired) electrons. The summed E-state index contributed by atoms with van der Waals surface area (Å²) < 4.78 is 21.9. The first-order valence-electron chi connectivity index (χ1n) is 21.4. The lowest BCUT2D eigenvalue weighted by Gasteiger charge is -2.72. The highest BCUT2D eigenvalue weighted by Gasteiger charge is 2.71. The molecule has 1 aromatic carbocycles. The van der Waals surface area contributed by atoms with Gasteiger partial charge in [-0.3, -0.25) is 14.4 Å². The number of aromatic nitrogens is 3. The maximum Gasteiger partial charge on any atom is 0.309 e. The second kappa shape index (κ2) is 14.1. The molecule has 2 aromatic rings. The molecule has 0 amide bonds. The van der Waals surface area contributed by atoms with E-state index in [1.165, 1.54) is 12.1 Å². The van der Waals surface area contributed by atoms with Gasteiger partial charge in [0.05, 0.1) is 11.8 Å². The molecule has 7 rings (SSSR count).